The molecular weight excluding hydrogens is 432 g/mol. The molecule has 1 aliphatic heterocycles. The first-order valence-corrected chi connectivity index (χ1v) is 10.4. The maximum absolute atomic E-state index is 14.0. The van der Waals surface area contributed by atoms with Gasteiger partial charge in [0.25, 0.3) is 0 Å². The first-order chi connectivity index (χ1) is 15.7. The van der Waals surface area contributed by atoms with Gasteiger partial charge in [0.1, 0.15) is 7.85 Å². The second-order valence-corrected chi connectivity index (χ2v) is 8.00. The number of nitrogens with zero attached hydrogens (tertiary/aromatic N) is 2. The number of rotatable bonds is 4. The number of nitrogens with one attached hydrogen (secondary N) is 1. The molecule has 0 amide bonds. The predicted octanol–water partition coefficient (Wildman–Crippen LogP) is 3.76. The quantitative estimate of drug-likeness (QED) is 0.462. The number of ether oxygens (including phenoxy) is 1. The van der Waals surface area contributed by atoms with Crippen LogP contribution in [0.3, 0.4) is 0 Å². The maximum Gasteiger partial charge on any atom is 0.418 e. The van der Waals surface area contributed by atoms with E-state index >= 15 is 0 Å². The number of alkyl halides is 3. The molecule has 0 saturated carbocycles. The third-order valence-electron chi connectivity index (χ3n) is 5.86. The van der Waals surface area contributed by atoms with E-state index in [1.165, 1.54) is 19.4 Å². The number of benzene rings is 2. The summed E-state index contributed by atoms with van der Waals surface area (Å²) in [4.78, 5) is 17.6. The number of carbonyl (C=O) groups is 1. The summed E-state index contributed by atoms with van der Waals surface area (Å²) >= 11 is 0. The molecule has 1 aliphatic rings. The number of esters is 1. The van der Waals surface area contributed by atoms with Crippen LogP contribution < -0.4 is 21.4 Å². The molecule has 0 aliphatic carbocycles. The number of aromatic nitrogens is 1. The number of anilines is 4. The molecule has 0 spiro atoms. The van der Waals surface area contributed by atoms with Gasteiger partial charge in [-0.05, 0) is 37.1 Å². The molecule has 2 heterocycles. The average Bonchev–Trinajstić information content (AvgIpc) is 2.80. The Morgan fingerprint density at radius 3 is 2.61 bits per heavy atom. The van der Waals surface area contributed by atoms with Gasteiger partial charge in [-0.2, -0.15) is 13.2 Å². The smallest absolute Gasteiger partial charge is 0.418 e. The number of hydrogen-bond donors (Lipinski definition) is 2. The minimum atomic E-state index is -4.57. The third kappa shape index (κ3) is 4.69. The van der Waals surface area contributed by atoms with Gasteiger partial charge in [0.2, 0.25) is 0 Å². The first-order valence-electron chi connectivity index (χ1n) is 10.4. The number of nitrogens with two attached hydrogens (primary N) is 1. The third-order valence-corrected chi connectivity index (χ3v) is 5.86. The summed E-state index contributed by atoms with van der Waals surface area (Å²) in [6.45, 7) is 0.660. The molecule has 0 unspecified atom stereocenters. The Bertz CT molecular complexity index is 1190. The Kier molecular flexibility index (Phi) is 6.10. The molecule has 6 nitrogen and oxygen atoms in total. The number of hydrogen-bond acceptors (Lipinski definition) is 6. The first kappa shape index (κ1) is 22.8. The summed E-state index contributed by atoms with van der Waals surface area (Å²) in [7, 11) is 7.19. The molecule has 170 valence electrons. The van der Waals surface area contributed by atoms with Crippen LogP contribution in [0, 0.1) is 5.92 Å². The van der Waals surface area contributed by atoms with Crippen molar-refractivity contribution in [3.05, 3.63) is 48.2 Å². The van der Waals surface area contributed by atoms with Crippen LogP contribution in [0.1, 0.15) is 18.4 Å². The van der Waals surface area contributed by atoms with Crippen molar-refractivity contribution in [1.82, 2.24) is 4.98 Å². The van der Waals surface area contributed by atoms with Crippen molar-refractivity contribution in [2.24, 2.45) is 5.92 Å². The van der Waals surface area contributed by atoms with Crippen molar-refractivity contribution in [3.8, 4) is 0 Å². The van der Waals surface area contributed by atoms with Crippen LogP contribution in [-0.2, 0) is 15.7 Å². The molecule has 0 atom stereocenters. The zero-order valence-electron chi connectivity index (χ0n) is 17.9. The Morgan fingerprint density at radius 2 is 1.94 bits per heavy atom. The van der Waals surface area contributed by atoms with E-state index in [-0.39, 0.29) is 28.9 Å². The summed E-state index contributed by atoms with van der Waals surface area (Å²) < 4.78 is 46.7. The van der Waals surface area contributed by atoms with Crippen LogP contribution >= 0.6 is 0 Å². The molecule has 1 saturated heterocycles. The van der Waals surface area contributed by atoms with Crippen LogP contribution in [0.15, 0.2) is 42.6 Å². The Labute approximate surface area is 190 Å². The zero-order valence-corrected chi connectivity index (χ0v) is 17.9. The number of piperidine rings is 1. The highest BCUT2D eigenvalue weighted by Crippen LogP contribution is 2.41. The standard InChI is InChI=1S/C23H22BF3N4O2/c1-33-22(32)13-6-8-31(9-7-13)20-5-3-15(11-17(20)23(25,26)27)30-21-16-10-14(24)2-4-19(16)29-12-18(21)28/h2-5,10-13H,6-9,28H2,1H3,(H,29,30). The fourth-order valence-electron chi connectivity index (χ4n) is 4.15. The van der Waals surface area contributed by atoms with E-state index < -0.39 is 11.7 Å². The summed E-state index contributed by atoms with van der Waals surface area (Å²) in [6.07, 6.45) is -2.25. The molecule has 0 bridgehead atoms. The summed E-state index contributed by atoms with van der Waals surface area (Å²) in [5, 5.41) is 3.62. The van der Waals surface area contributed by atoms with Gasteiger partial charge in [-0.1, -0.05) is 17.6 Å². The number of carbonyl (C=O) groups excluding carboxylic acids is 1. The maximum atomic E-state index is 14.0. The monoisotopic (exact) mass is 454 g/mol. The zero-order chi connectivity index (χ0) is 23.8. The van der Waals surface area contributed by atoms with Gasteiger partial charge in [0.05, 0.1) is 41.7 Å². The molecule has 3 aromatic rings. The van der Waals surface area contributed by atoms with E-state index in [1.807, 2.05) is 0 Å². The van der Waals surface area contributed by atoms with Crippen molar-refractivity contribution in [3.63, 3.8) is 0 Å². The highest BCUT2D eigenvalue weighted by Gasteiger charge is 2.36. The van der Waals surface area contributed by atoms with Crippen LogP contribution in [0.2, 0.25) is 0 Å². The minimum absolute atomic E-state index is 0.0770. The Hall–Kier alpha value is -3.43. The Morgan fingerprint density at radius 1 is 1.21 bits per heavy atom. The van der Waals surface area contributed by atoms with Crippen molar-refractivity contribution >= 4 is 52.9 Å². The number of pyridine rings is 1. The van der Waals surface area contributed by atoms with Crippen molar-refractivity contribution < 1.29 is 22.7 Å². The summed E-state index contributed by atoms with van der Waals surface area (Å²) in [5.41, 5.74) is 7.44. The van der Waals surface area contributed by atoms with Gasteiger partial charge < -0.3 is 20.7 Å². The van der Waals surface area contributed by atoms with Gasteiger partial charge >= 0.3 is 12.1 Å². The number of nitrogen functional groups attached to an aromatic ring is 1. The molecule has 2 aromatic carbocycles. The van der Waals surface area contributed by atoms with E-state index in [0.717, 1.165) is 6.07 Å². The summed E-state index contributed by atoms with van der Waals surface area (Å²) in [5.74, 6) is -0.620. The highest BCUT2D eigenvalue weighted by molar-refractivity contribution is 6.33. The largest absolute Gasteiger partial charge is 0.469 e. The lowest BCUT2D eigenvalue weighted by Gasteiger charge is -2.34. The number of halogens is 3. The fraction of sp³-hybridized carbons (Fsp3) is 0.304. The second kappa shape index (κ2) is 8.84. The van der Waals surface area contributed by atoms with Gasteiger partial charge in [-0.25, -0.2) is 0 Å². The minimum Gasteiger partial charge on any atom is -0.469 e. The molecule has 3 N–H and O–H groups in total. The molecule has 2 radical (unpaired) electrons. The lowest BCUT2D eigenvalue weighted by Crippen LogP contribution is -2.37. The van der Waals surface area contributed by atoms with E-state index in [4.69, 9.17) is 18.3 Å². The van der Waals surface area contributed by atoms with Crippen LogP contribution in [0.4, 0.5) is 35.9 Å². The lowest BCUT2D eigenvalue weighted by molar-refractivity contribution is -0.146. The van der Waals surface area contributed by atoms with Gasteiger partial charge in [-0.15, -0.1) is 0 Å². The van der Waals surface area contributed by atoms with Gasteiger partial charge in [0.15, 0.2) is 0 Å². The SMILES string of the molecule is [B]c1ccc2ncc(N)c(Nc3ccc(N4CCC(C(=O)OC)CC4)c(C(F)(F)F)c3)c2c1. The van der Waals surface area contributed by atoms with E-state index in [2.05, 4.69) is 10.3 Å². The van der Waals surface area contributed by atoms with Crippen molar-refractivity contribution in [2.45, 2.75) is 19.0 Å². The highest BCUT2D eigenvalue weighted by atomic mass is 19.4. The van der Waals surface area contributed by atoms with E-state index in [0.29, 0.717) is 48.0 Å². The van der Waals surface area contributed by atoms with Gasteiger partial charge in [-0.3, -0.25) is 9.78 Å². The van der Waals surface area contributed by atoms with Crippen molar-refractivity contribution in [1.29, 1.82) is 0 Å². The summed E-state index contributed by atoms with van der Waals surface area (Å²) in [6, 6.07) is 9.17. The normalized spacial score (nSPS) is 15.0. The van der Waals surface area contributed by atoms with Crippen LogP contribution in [0.5, 0.6) is 0 Å². The fourth-order valence-corrected chi connectivity index (χ4v) is 4.15. The number of methoxy groups -OCH3 is 1. The molecule has 1 aromatic heterocycles. The molecule has 33 heavy (non-hydrogen) atoms. The van der Waals surface area contributed by atoms with E-state index in [1.54, 1.807) is 29.2 Å². The molecular formula is C23H22BF3N4O2. The molecule has 4 rings (SSSR count). The number of fused-ring (bicyclic) bond motifs is 1. The topological polar surface area (TPSA) is 80.5 Å². The molecule has 1 fully saturated rings. The van der Waals surface area contributed by atoms with Crippen LogP contribution in [0.25, 0.3) is 10.9 Å². The van der Waals surface area contributed by atoms with Gasteiger partial charge in [0, 0.05) is 29.9 Å². The Balaban J connectivity index is 1.66. The van der Waals surface area contributed by atoms with E-state index in [9.17, 15) is 18.0 Å². The average molecular weight is 454 g/mol. The second-order valence-electron chi connectivity index (χ2n) is 8.00. The van der Waals surface area contributed by atoms with Crippen LogP contribution in [-0.4, -0.2) is 39.0 Å². The predicted molar refractivity (Wildman–Crippen MR) is 123 cm³/mol. The van der Waals surface area contributed by atoms with Crippen molar-refractivity contribution in [2.75, 3.05) is 36.1 Å². The molecule has 10 heteroatoms. The lowest BCUT2D eigenvalue weighted by atomic mass is 9.94.